The highest BCUT2D eigenvalue weighted by Gasteiger charge is 2.29. The molecule has 0 bridgehead atoms. The van der Waals surface area contributed by atoms with Crippen LogP contribution in [0.25, 0.3) is 0 Å². The van der Waals surface area contributed by atoms with Crippen LogP contribution in [0.4, 0.5) is 4.39 Å². The van der Waals surface area contributed by atoms with Crippen LogP contribution in [-0.2, 0) is 16.1 Å². The number of carbonyl (C=O) groups is 2. The maximum Gasteiger partial charge on any atom is 0.320 e. The molecule has 2 N–H and O–H groups in total. The third-order valence-corrected chi connectivity index (χ3v) is 3.97. The highest BCUT2D eigenvalue weighted by atomic mass is 19.1. The standard InChI is InChI=1S/C16H21FN2O3/c1-11-5-6-12(8-13(11)17)9-18-15(20)10-19-7-3-2-4-14(19)16(21)22/h5-6,8,14H,2-4,7,9-10H2,1H3,(H,18,20)(H,21,22). The van der Waals surface area contributed by atoms with Crippen LogP contribution < -0.4 is 5.32 Å². The van der Waals surface area contributed by atoms with E-state index in [1.54, 1.807) is 24.0 Å². The number of rotatable bonds is 5. The molecule has 0 aliphatic carbocycles. The number of carbonyl (C=O) groups excluding carboxylic acids is 1. The van der Waals surface area contributed by atoms with Gasteiger partial charge in [0.25, 0.3) is 0 Å². The molecule has 1 saturated heterocycles. The summed E-state index contributed by atoms with van der Waals surface area (Å²) in [5.41, 5.74) is 1.25. The number of aliphatic carboxylic acids is 1. The van der Waals surface area contributed by atoms with Gasteiger partial charge < -0.3 is 10.4 Å². The number of nitrogens with zero attached hydrogens (tertiary/aromatic N) is 1. The molecule has 1 aromatic rings. The number of likely N-dealkylation sites (tertiary alicyclic amines) is 1. The minimum absolute atomic E-state index is 0.0608. The van der Waals surface area contributed by atoms with E-state index in [-0.39, 0.29) is 24.8 Å². The lowest BCUT2D eigenvalue weighted by Gasteiger charge is -2.32. The fraction of sp³-hybridized carbons (Fsp3) is 0.500. The van der Waals surface area contributed by atoms with Crippen LogP contribution in [-0.4, -0.2) is 41.0 Å². The molecule has 0 saturated carbocycles. The topological polar surface area (TPSA) is 69.6 Å². The molecule has 2 rings (SSSR count). The summed E-state index contributed by atoms with van der Waals surface area (Å²) in [5, 5.41) is 11.9. The van der Waals surface area contributed by atoms with E-state index in [4.69, 9.17) is 0 Å². The Hall–Kier alpha value is -1.95. The van der Waals surface area contributed by atoms with Crippen molar-refractivity contribution in [3.05, 3.63) is 35.1 Å². The SMILES string of the molecule is Cc1ccc(CNC(=O)CN2CCCCC2C(=O)O)cc1F. The minimum Gasteiger partial charge on any atom is -0.480 e. The molecule has 22 heavy (non-hydrogen) atoms. The van der Waals surface area contributed by atoms with Crippen LogP contribution >= 0.6 is 0 Å². The molecular formula is C16H21FN2O3. The number of benzene rings is 1. The minimum atomic E-state index is -0.881. The summed E-state index contributed by atoms with van der Waals surface area (Å²) in [7, 11) is 0. The molecule has 6 heteroatoms. The van der Waals surface area contributed by atoms with E-state index in [0.29, 0.717) is 24.1 Å². The fourth-order valence-corrected chi connectivity index (χ4v) is 2.65. The summed E-state index contributed by atoms with van der Waals surface area (Å²) in [6.07, 6.45) is 2.35. The molecule has 1 fully saturated rings. The van der Waals surface area contributed by atoms with Gasteiger partial charge in [0, 0.05) is 6.54 Å². The Labute approximate surface area is 129 Å². The van der Waals surface area contributed by atoms with Crippen molar-refractivity contribution in [2.24, 2.45) is 0 Å². The van der Waals surface area contributed by atoms with Gasteiger partial charge in [-0.2, -0.15) is 0 Å². The molecule has 1 aliphatic rings. The quantitative estimate of drug-likeness (QED) is 0.868. The van der Waals surface area contributed by atoms with Crippen LogP contribution in [0.3, 0.4) is 0 Å². The number of halogens is 1. The summed E-state index contributed by atoms with van der Waals surface area (Å²) in [6.45, 7) is 2.59. The predicted molar refractivity (Wildman–Crippen MR) is 79.8 cm³/mol. The Kier molecular flexibility index (Phi) is 5.49. The van der Waals surface area contributed by atoms with Crippen molar-refractivity contribution in [2.75, 3.05) is 13.1 Å². The van der Waals surface area contributed by atoms with Gasteiger partial charge >= 0.3 is 5.97 Å². The van der Waals surface area contributed by atoms with Gasteiger partial charge in [-0.25, -0.2) is 4.39 Å². The van der Waals surface area contributed by atoms with Crippen molar-refractivity contribution in [1.82, 2.24) is 10.2 Å². The summed E-state index contributed by atoms with van der Waals surface area (Å²) < 4.78 is 13.4. The van der Waals surface area contributed by atoms with E-state index in [2.05, 4.69) is 5.32 Å². The van der Waals surface area contributed by atoms with E-state index in [1.807, 2.05) is 0 Å². The Morgan fingerprint density at radius 1 is 1.41 bits per heavy atom. The van der Waals surface area contributed by atoms with Gasteiger partial charge in [0.2, 0.25) is 5.91 Å². The van der Waals surface area contributed by atoms with Crippen molar-refractivity contribution >= 4 is 11.9 Å². The zero-order chi connectivity index (χ0) is 16.1. The molecule has 1 aliphatic heterocycles. The third-order valence-electron chi connectivity index (χ3n) is 3.97. The van der Waals surface area contributed by atoms with Crippen LogP contribution in [0.1, 0.15) is 30.4 Å². The highest BCUT2D eigenvalue weighted by Crippen LogP contribution is 2.16. The van der Waals surface area contributed by atoms with Gasteiger partial charge in [-0.15, -0.1) is 0 Å². The van der Waals surface area contributed by atoms with Crippen molar-refractivity contribution < 1.29 is 19.1 Å². The van der Waals surface area contributed by atoms with Crippen molar-refractivity contribution in [1.29, 1.82) is 0 Å². The lowest BCUT2D eigenvalue weighted by atomic mass is 10.0. The first-order valence-corrected chi connectivity index (χ1v) is 7.46. The Bertz CT molecular complexity index is 562. The molecule has 0 spiro atoms. The van der Waals surface area contributed by atoms with E-state index >= 15 is 0 Å². The van der Waals surface area contributed by atoms with E-state index in [1.165, 1.54) is 6.07 Å². The number of aryl methyl sites for hydroxylation is 1. The van der Waals surface area contributed by atoms with Crippen LogP contribution in [0, 0.1) is 12.7 Å². The lowest BCUT2D eigenvalue weighted by Crippen LogP contribution is -2.48. The molecule has 1 atom stereocenters. The van der Waals surface area contributed by atoms with Crippen LogP contribution in [0.5, 0.6) is 0 Å². The molecule has 0 aromatic heterocycles. The van der Waals surface area contributed by atoms with E-state index < -0.39 is 12.0 Å². The van der Waals surface area contributed by atoms with E-state index in [9.17, 15) is 19.1 Å². The molecule has 1 amide bonds. The largest absolute Gasteiger partial charge is 0.480 e. The number of carboxylic acids is 1. The second-order valence-corrected chi connectivity index (χ2v) is 5.68. The highest BCUT2D eigenvalue weighted by molar-refractivity contribution is 5.80. The maximum atomic E-state index is 13.4. The number of hydrogen-bond donors (Lipinski definition) is 2. The molecule has 5 nitrogen and oxygen atoms in total. The summed E-state index contributed by atoms with van der Waals surface area (Å²) >= 11 is 0. The summed E-state index contributed by atoms with van der Waals surface area (Å²) in [6, 6.07) is 4.24. The molecule has 1 unspecified atom stereocenters. The average Bonchev–Trinajstić information content (AvgIpc) is 2.49. The van der Waals surface area contributed by atoms with Gasteiger partial charge in [-0.1, -0.05) is 18.6 Å². The Morgan fingerprint density at radius 2 is 2.18 bits per heavy atom. The summed E-state index contributed by atoms with van der Waals surface area (Å²) in [5.74, 6) is -1.42. The van der Waals surface area contributed by atoms with Gasteiger partial charge in [0.15, 0.2) is 0 Å². The van der Waals surface area contributed by atoms with Crippen molar-refractivity contribution in [3.63, 3.8) is 0 Å². The van der Waals surface area contributed by atoms with Crippen LogP contribution in [0.2, 0.25) is 0 Å². The zero-order valence-electron chi connectivity index (χ0n) is 12.6. The Morgan fingerprint density at radius 3 is 2.86 bits per heavy atom. The molecule has 0 radical (unpaired) electrons. The first-order valence-electron chi connectivity index (χ1n) is 7.46. The average molecular weight is 308 g/mol. The Balaban J connectivity index is 1.86. The number of amides is 1. The molecule has 1 aromatic carbocycles. The van der Waals surface area contributed by atoms with Crippen molar-refractivity contribution in [3.8, 4) is 0 Å². The number of hydrogen-bond acceptors (Lipinski definition) is 3. The van der Waals surface area contributed by atoms with Gasteiger partial charge in [-0.3, -0.25) is 14.5 Å². The monoisotopic (exact) mass is 308 g/mol. The first kappa shape index (κ1) is 16.4. The summed E-state index contributed by atoms with van der Waals surface area (Å²) in [4.78, 5) is 24.8. The molecular weight excluding hydrogens is 287 g/mol. The zero-order valence-corrected chi connectivity index (χ0v) is 12.6. The molecule has 120 valence electrons. The second-order valence-electron chi connectivity index (χ2n) is 5.68. The number of piperidine rings is 1. The van der Waals surface area contributed by atoms with E-state index in [0.717, 1.165) is 12.8 Å². The molecule has 1 heterocycles. The normalized spacial score (nSPS) is 18.9. The predicted octanol–water partition coefficient (Wildman–Crippen LogP) is 1.69. The third kappa shape index (κ3) is 4.27. The first-order chi connectivity index (χ1) is 10.5. The van der Waals surface area contributed by atoms with Crippen LogP contribution in [0.15, 0.2) is 18.2 Å². The number of nitrogens with one attached hydrogen (secondary N) is 1. The smallest absolute Gasteiger partial charge is 0.320 e. The van der Waals surface area contributed by atoms with Gasteiger partial charge in [0.1, 0.15) is 11.9 Å². The lowest BCUT2D eigenvalue weighted by molar-refractivity contribution is -0.145. The van der Waals surface area contributed by atoms with Crippen molar-refractivity contribution in [2.45, 2.75) is 38.8 Å². The van der Waals surface area contributed by atoms with Gasteiger partial charge in [-0.05, 0) is 43.5 Å². The maximum absolute atomic E-state index is 13.4. The van der Waals surface area contributed by atoms with Gasteiger partial charge in [0.05, 0.1) is 6.54 Å². The fourth-order valence-electron chi connectivity index (χ4n) is 2.65. The number of carboxylic acid groups (broad SMARTS) is 1. The second kappa shape index (κ2) is 7.35.